The van der Waals surface area contributed by atoms with Crippen LogP contribution in [0.15, 0.2) is 30.5 Å². The Morgan fingerprint density at radius 1 is 1.36 bits per heavy atom. The Morgan fingerprint density at radius 3 is 2.91 bits per heavy atom. The van der Waals surface area contributed by atoms with Gasteiger partial charge in [0.1, 0.15) is 5.75 Å². The van der Waals surface area contributed by atoms with Crippen LogP contribution in [-0.4, -0.2) is 81.8 Å². The number of carbonyl (C=O) groups is 1. The molecule has 3 rings (SSSR count). The number of methoxy groups -OCH3 is 1. The summed E-state index contributed by atoms with van der Waals surface area (Å²) in [5.41, 5.74) is 2.02. The normalized spacial score (nSPS) is 21.3. The van der Waals surface area contributed by atoms with Crippen LogP contribution < -0.4 is 4.74 Å². The van der Waals surface area contributed by atoms with Crippen LogP contribution in [0.25, 0.3) is 0 Å². The fourth-order valence-corrected chi connectivity index (χ4v) is 4.24. The number of aromatic nitrogens is 3. The van der Waals surface area contributed by atoms with Crippen molar-refractivity contribution in [1.29, 1.82) is 0 Å². The van der Waals surface area contributed by atoms with E-state index in [1.165, 1.54) is 0 Å². The number of aryl methyl sites for hydroxylation is 1. The summed E-state index contributed by atoms with van der Waals surface area (Å²) in [5.74, 6) is 0.971. The van der Waals surface area contributed by atoms with Gasteiger partial charge in [-0.1, -0.05) is 30.3 Å². The van der Waals surface area contributed by atoms with Gasteiger partial charge in [0, 0.05) is 44.1 Å². The molecule has 0 aliphatic carbocycles. The molecule has 0 radical (unpaired) electrons. The predicted molar refractivity (Wildman–Crippen MR) is 125 cm³/mol. The zero-order chi connectivity index (χ0) is 23.8. The molecule has 1 aliphatic rings. The molecule has 1 aliphatic heterocycles. The van der Waals surface area contributed by atoms with Gasteiger partial charge in [0.2, 0.25) is 5.91 Å². The van der Waals surface area contributed by atoms with Crippen LogP contribution in [0, 0.1) is 5.92 Å². The van der Waals surface area contributed by atoms with Gasteiger partial charge in [0.05, 0.1) is 44.4 Å². The molecule has 33 heavy (non-hydrogen) atoms. The van der Waals surface area contributed by atoms with Crippen molar-refractivity contribution in [3.63, 3.8) is 0 Å². The number of ether oxygens (including phenoxy) is 2. The van der Waals surface area contributed by atoms with Crippen LogP contribution in [0.1, 0.15) is 37.9 Å². The summed E-state index contributed by atoms with van der Waals surface area (Å²) in [7, 11) is 3.74. The molecular weight excluding hydrogens is 422 g/mol. The minimum Gasteiger partial charge on any atom is -0.496 e. The largest absolute Gasteiger partial charge is 0.496 e. The van der Waals surface area contributed by atoms with Crippen LogP contribution in [0.3, 0.4) is 0 Å². The van der Waals surface area contributed by atoms with Gasteiger partial charge in [-0.3, -0.25) is 9.69 Å². The minimum atomic E-state index is -0.239. The van der Waals surface area contributed by atoms with E-state index < -0.39 is 0 Å². The summed E-state index contributed by atoms with van der Waals surface area (Å²) in [6.45, 7) is 6.87. The van der Waals surface area contributed by atoms with Crippen molar-refractivity contribution in [2.45, 2.75) is 58.5 Å². The second-order valence-corrected chi connectivity index (χ2v) is 8.97. The molecule has 1 amide bonds. The third kappa shape index (κ3) is 6.75. The number of hydrogen-bond acceptors (Lipinski definition) is 7. The smallest absolute Gasteiger partial charge is 0.222 e. The number of hydrogen-bond donors (Lipinski definition) is 1. The zero-order valence-electron chi connectivity index (χ0n) is 20.2. The molecule has 1 aromatic heterocycles. The van der Waals surface area contributed by atoms with Crippen LogP contribution >= 0.6 is 0 Å². The molecule has 1 N–H and O–H groups in total. The fraction of sp³-hybridized carbons (Fsp3) is 0.625. The maximum absolute atomic E-state index is 13.0. The highest BCUT2D eigenvalue weighted by Crippen LogP contribution is 2.21. The molecule has 0 bridgehead atoms. The summed E-state index contributed by atoms with van der Waals surface area (Å²) in [6, 6.07) is 7.76. The average Bonchev–Trinajstić information content (AvgIpc) is 3.26. The first-order valence-corrected chi connectivity index (χ1v) is 11.6. The van der Waals surface area contributed by atoms with E-state index in [9.17, 15) is 9.90 Å². The molecule has 0 saturated carbocycles. The van der Waals surface area contributed by atoms with Gasteiger partial charge < -0.3 is 19.5 Å². The van der Waals surface area contributed by atoms with Crippen LogP contribution in [0.4, 0.5) is 0 Å². The van der Waals surface area contributed by atoms with Crippen LogP contribution in [0.5, 0.6) is 5.75 Å². The highest BCUT2D eigenvalue weighted by atomic mass is 16.5. The SMILES string of the molecule is COc1ccccc1CN(C)C[C@H]1OCc2cnnn2CCCC(=O)N([C@@H](C)CO)C[C@H]1C. The number of fused-ring (bicyclic) bond motifs is 1. The van der Waals surface area contributed by atoms with Crippen molar-refractivity contribution in [3.05, 3.63) is 41.7 Å². The monoisotopic (exact) mass is 459 g/mol. The van der Waals surface area contributed by atoms with E-state index in [4.69, 9.17) is 9.47 Å². The summed E-state index contributed by atoms with van der Waals surface area (Å²) in [4.78, 5) is 17.0. The maximum Gasteiger partial charge on any atom is 0.222 e. The number of rotatable bonds is 7. The lowest BCUT2D eigenvalue weighted by Crippen LogP contribution is -2.47. The van der Waals surface area contributed by atoms with Gasteiger partial charge in [-0.05, 0) is 26.5 Å². The van der Waals surface area contributed by atoms with Crippen molar-refractivity contribution >= 4 is 5.91 Å². The van der Waals surface area contributed by atoms with Gasteiger partial charge in [0.15, 0.2) is 0 Å². The summed E-state index contributed by atoms with van der Waals surface area (Å²) in [6.07, 6.45) is 2.68. The van der Waals surface area contributed by atoms with Gasteiger partial charge in [0.25, 0.3) is 0 Å². The number of benzene rings is 1. The zero-order valence-corrected chi connectivity index (χ0v) is 20.2. The van der Waals surface area contributed by atoms with Crippen molar-refractivity contribution in [2.75, 3.05) is 33.9 Å². The van der Waals surface area contributed by atoms with E-state index in [-0.39, 0.29) is 30.6 Å². The molecule has 1 aromatic carbocycles. The quantitative estimate of drug-likeness (QED) is 0.676. The predicted octanol–water partition coefficient (Wildman–Crippen LogP) is 1.94. The maximum atomic E-state index is 13.0. The highest BCUT2D eigenvalue weighted by Gasteiger charge is 2.28. The Bertz CT molecular complexity index is 889. The summed E-state index contributed by atoms with van der Waals surface area (Å²) < 4.78 is 13.7. The first-order valence-electron chi connectivity index (χ1n) is 11.6. The summed E-state index contributed by atoms with van der Waals surface area (Å²) >= 11 is 0. The third-order valence-electron chi connectivity index (χ3n) is 6.26. The van der Waals surface area contributed by atoms with E-state index in [0.29, 0.717) is 45.6 Å². The molecule has 2 heterocycles. The number of aliphatic hydroxyl groups excluding tert-OH is 1. The van der Waals surface area contributed by atoms with E-state index in [2.05, 4.69) is 35.2 Å². The molecule has 9 nitrogen and oxygen atoms in total. The molecule has 2 aromatic rings. The Kier molecular flexibility index (Phi) is 9.22. The molecule has 0 spiro atoms. The lowest BCUT2D eigenvalue weighted by molar-refractivity contribution is -0.136. The minimum absolute atomic E-state index is 0.0479. The first-order chi connectivity index (χ1) is 15.9. The molecule has 3 atom stereocenters. The summed E-state index contributed by atoms with van der Waals surface area (Å²) in [5, 5.41) is 17.9. The Balaban J connectivity index is 1.78. The van der Waals surface area contributed by atoms with E-state index in [0.717, 1.165) is 17.0 Å². The molecule has 0 unspecified atom stereocenters. The second kappa shape index (κ2) is 12.1. The lowest BCUT2D eigenvalue weighted by Gasteiger charge is -2.35. The Hall–Kier alpha value is -2.49. The molecule has 0 fully saturated rings. The third-order valence-corrected chi connectivity index (χ3v) is 6.26. The van der Waals surface area contributed by atoms with Gasteiger partial charge >= 0.3 is 0 Å². The lowest BCUT2D eigenvalue weighted by atomic mass is 10.0. The van der Waals surface area contributed by atoms with E-state index in [1.807, 2.05) is 29.8 Å². The molecule has 182 valence electrons. The highest BCUT2D eigenvalue weighted by molar-refractivity contribution is 5.76. The topological polar surface area (TPSA) is 93.0 Å². The van der Waals surface area contributed by atoms with E-state index >= 15 is 0 Å². The van der Waals surface area contributed by atoms with Gasteiger partial charge in [-0.2, -0.15) is 0 Å². The Labute approximate surface area is 196 Å². The molecule has 0 saturated heterocycles. The standard InChI is InChI=1S/C24H37N5O4/c1-18-13-28(19(2)16-30)24(31)10-7-11-29-21(12-25-26-29)17-33-23(18)15-27(3)14-20-8-5-6-9-22(20)32-4/h5-6,8-9,12,18-19,23,30H,7,10-11,13-17H2,1-4H3/t18-,19+,23-/m1/s1. The van der Waals surface area contributed by atoms with Gasteiger partial charge in [-0.25, -0.2) is 4.68 Å². The number of likely N-dealkylation sites (N-methyl/N-ethyl adjacent to an activating group) is 1. The first kappa shape index (κ1) is 25.1. The number of amides is 1. The number of carbonyl (C=O) groups excluding carboxylic acids is 1. The second-order valence-electron chi connectivity index (χ2n) is 8.97. The number of para-hydroxylation sites is 1. The fourth-order valence-electron chi connectivity index (χ4n) is 4.24. The molecule has 9 heteroatoms. The van der Waals surface area contributed by atoms with Gasteiger partial charge in [-0.15, -0.1) is 5.10 Å². The van der Waals surface area contributed by atoms with Crippen molar-refractivity contribution in [3.8, 4) is 5.75 Å². The van der Waals surface area contributed by atoms with E-state index in [1.54, 1.807) is 18.2 Å². The van der Waals surface area contributed by atoms with Crippen LogP contribution in [-0.2, 0) is 29.2 Å². The molecular formula is C24H37N5O4. The number of aliphatic hydroxyl groups is 1. The number of nitrogens with zero attached hydrogens (tertiary/aromatic N) is 5. The Morgan fingerprint density at radius 2 is 2.15 bits per heavy atom. The van der Waals surface area contributed by atoms with Crippen molar-refractivity contribution in [1.82, 2.24) is 24.8 Å². The van der Waals surface area contributed by atoms with Crippen molar-refractivity contribution in [2.24, 2.45) is 5.92 Å². The van der Waals surface area contributed by atoms with Crippen molar-refractivity contribution < 1.29 is 19.4 Å². The van der Waals surface area contributed by atoms with Crippen LogP contribution in [0.2, 0.25) is 0 Å². The average molecular weight is 460 g/mol.